The first-order chi connectivity index (χ1) is 7.35. The van der Waals surface area contributed by atoms with Crippen LogP contribution < -0.4 is 11.1 Å². The highest BCUT2D eigenvalue weighted by atomic mass is 16.5. The number of methoxy groups -OCH3 is 1. The van der Waals surface area contributed by atoms with Crippen molar-refractivity contribution in [3.8, 4) is 0 Å². The Kier molecular flexibility index (Phi) is 9.86. The molecular formula is C11H21N3O. The molecule has 0 bridgehead atoms. The normalized spacial score (nSPS) is 12.8. The Bertz CT molecular complexity index is 222. The van der Waals surface area contributed by atoms with Crippen molar-refractivity contribution in [1.82, 2.24) is 5.32 Å². The summed E-state index contributed by atoms with van der Waals surface area (Å²) in [6.45, 7) is 3.54. The Morgan fingerprint density at radius 3 is 2.93 bits per heavy atom. The van der Waals surface area contributed by atoms with Gasteiger partial charge in [-0.25, -0.2) is 0 Å². The van der Waals surface area contributed by atoms with Crippen LogP contribution >= 0.6 is 0 Å². The molecule has 0 aromatic carbocycles. The lowest BCUT2D eigenvalue weighted by atomic mass is 10.3. The van der Waals surface area contributed by atoms with Gasteiger partial charge in [0.25, 0.3) is 0 Å². The summed E-state index contributed by atoms with van der Waals surface area (Å²) in [5.41, 5.74) is 5.09. The van der Waals surface area contributed by atoms with E-state index in [0.29, 0.717) is 6.67 Å². The fourth-order valence-electron chi connectivity index (χ4n) is 1.00. The van der Waals surface area contributed by atoms with Crippen LogP contribution in [0.1, 0.15) is 19.8 Å². The van der Waals surface area contributed by atoms with Crippen LogP contribution in [0.5, 0.6) is 0 Å². The molecule has 4 nitrogen and oxygen atoms in total. The van der Waals surface area contributed by atoms with E-state index in [1.807, 2.05) is 12.2 Å². The second-order valence-electron chi connectivity index (χ2n) is 2.90. The molecule has 4 heteroatoms. The van der Waals surface area contributed by atoms with Gasteiger partial charge in [0.05, 0.1) is 20.1 Å². The molecule has 0 unspecified atom stereocenters. The van der Waals surface area contributed by atoms with Crippen molar-refractivity contribution in [2.75, 3.05) is 20.3 Å². The topological polar surface area (TPSA) is 59.6 Å². The predicted octanol–water partition coefficient (Wildman–Crippen LogP) is 1.41. The van der Waals surface area contributed by atoms with Gasteiger partial charge in [0.1, 0.15) is 5.76 Å². The number of nitrogens with one attached hydrogen (secondary N) is 1. The van der Waals surface area contributed by atoms with Crippen molar-refractivity contribution < 1.29 is 4.74 Å². The minimum atomic E-state index is 0.576. The highest BCUT2D eigenvalue weighted by Crippen LogP contribution is 1.99. The van der Waals surface area contributed by atoms with Crippen LogP contribution in [0.25, 0.3) is 0 Å². The van der Waals surface area contributed by atoms with Crippen LogP contribution in [-0.2, 0) is 4.74 Å². The van der Waals surface area contributed by atoms with E-state index in [1.54, 1.807) is 7.11 Å². The van der Waals surface area contributed by atoms with E-state index in [9.17, 15) is 0 Å². The number of rotatable bonds is 8. The first kappa shape index (κ1) is 13.7. The van der Waals surface area contributed by atoms with Crippen LogP contribution in [0.15, 0.2) is 29.0 Å². The molecule has 15 heavy (non-hydrogen) atoms. The van der Waals surface area contributed by atoms with Crippen LogP contribution in [0, 0.1) is 0 Å². The molecule has 0 aliphatic carbocycles. The second-order valence-corrected chi connectivity index (χ2v) is 2.90. The van der Waals surface area contributed by atoms with Gasteiger partial charge in [-0.15, -0.1) is 0 Å². The molecule has 86 valence electrons. The van der Waals surface area contributed by atoms with Crippen molar-refractivity contribution in [3.05, 3.63) is 24.0 Å². The smallest absolute Gasteiger partial charge is 0.114 e. The standard InChI is InChI=1S/C11H21N3O/c1-3-6-11(15-2)7-4-5-8-13-10-14-9-12/h4,6-7,9,13H,3,5,8,10H2,1-2H3,(H2,12,14)/b7-4-,11-6+. The Hall–Kier alpha value is -1.29. The van der Waals surface area contributed by atoms with Gasteiger partial charge in [0.2, 0.25) is 0 Å². The van der Waals surface area contributed by atoms with Gasteiger partial charge in [-0.2, -0.15) is 0 Å². The first-order valence-electron chi connectivity index (χ1n) is 5.16. The lowest BCUT2D eigenvalue weighted by Crippen LogP contribution is -2.15. The molecule has 0 aromatic rings. The van der Waals surface area contributed by atoms with Crippen LogP contribution in [0.4, 0.5) is 0 Å². The fourth-order valence-corrected chi connectivity index (χ4v) is 1.00. The maximum Gasteiger partial charge on any atom is 0.114 e. The van der Waals surface area contributed by atoms with Crippen LogP contribution in [0.3, 0.4) is 0 Å². The van der Waals surface area contributed by atoms with E-state index in [4.69, 9.17) is 10.5 Å². The third kappa shape index (κ3) is 9.02. The van der Waals surface area contributed by atoms with E-state index in [0.717, 1.165) is 25.1 Å². The Balaban J connectivity index is 3.56. The van der Waals surface area contributed by atoms with Crippen molar-refractivity contribution >= 4 is 6.34 Å². The Labute approximate surface area is 91.9 Å². The molecule has 0 radical (unpaired) electrons. The highest BCUT2D eigenvalue weighted by molar-refractivity contribution is 5.50. The Morgan fingerprint density at radius 1 is 1.53 bits per heavy atom. The molecule has 0 amide bonds. The van der Waals surface area contributed by atoms with Gasteiger partial charge >= 0.3 is 0 Å². The largest absolute Gasteiger partial charge is 0.497 e. The van der Waals surface area contributed by atoms with E-state index in [1.165, 1.54) is 6.34 Å². The van der Waals surface area contributed by atoms with Gasteiger partial charge in [-0.1, -0.05) is 13.0 Å². The van der Waals surface area contributed by atoms with Gasteiger partial charge in [0.15, 0.2) is 0 Å². The minimum absolute atomic E-state index is 0.576. The van der Waals surface area contributed by atoms with Crippen LogP contribution in [-0.4, -0.2) is 26.7 Å². The molecule has 3 N–H and O–H groups in total. The number of hydrogen-bond acceptors (Lipinski definition) is 3. The summed E-state index contributed by atoms with van der Waals surface area (Å²) in [5.74, 6) is 0.914. The van der Waals surface area contributed by atoms with E-state index in [2.05, 4.69) is 23.3 Å². The lowest BCUT2D eigenvalue weighted by Gasteiger charge is -1.99. The van der Waals surface area contributed by atoms with Gasteiger partial charge in [-0.3, -0.25) is 10.3 Å². The van der Waals surface area contributed by atoms with Gasteiger partial charge in [-0.05, 0) is 25.0 Å². The minimum Gasteiger partial charge on any atom is -0.497 e. The molecule has 0 saturated carbocycles. The van der Waals surface area contributed by atoms with E-state index < -0.39 is 0 Å². The van der Waals surface area contributed by atoms with Crippen molar-refractivity contribution in [1.29, 1.82) is 0 Å². The predicted molar refractivity (Wildman–Crippen MR) is 64.7 cm³/mol. The molecule has 0 aliphatic heterocycles. The summed E-state index contributed by atoms with van der Waals surface area (Å²) in [7, 11) is 1.68. The number of hydrogen-bond donors (Lipinski definition) is 2. The maximum absolute atomic E-state index is 5.15. The fraction of sp³-hybridized carbons (Fsp3) is 0.545. The first-order valence-corrected chi connectivity index (χ1v) is 5.16. The lowest BCUT2D eigenvalue weighted by molar-refractivity contribution is 0.305. The highest BCUT2D eigenvalue weighted by Gasteiger charge is 1.86. The number of allylic oxidation sites excluding steroid dienone is 2. The van der Waals surface area contributed by atoms with E-state index in [-0.39, 0.29) is 0 Å². The molecule has 0 fully saturated rings. The molecule has 0 aromatic heterocycles. The summed E-state index contributed by atoms with van der Waals surface area (Å²) < 4.78 is 5.15. The molecule has 0 atom stereocenters. The van der Waals surface area contributed by atoms with Gasteiger partial charge in [0, 0.05) is 6.54 Å². The summed E-state index contributed by atoms with van der Waals surface area (Å²) in [6, 6.07) is 0. The average Bonchev–Trinajstić information content (AvgIpc) is 2.26. The van der Waals surface area contributed by atoms with Gasteiger partial charge < -0.3 is 10.5 Å². The third-order valence-corrected chi connectivity index (χ3v) is 1.72. The summed E-state index contributed by atoms with van der Waals surface area (Å²) in [4.78, 5) is 3.83. The zero-order valence-electron chi connectivity index (χ0n) is 9.57. The molecule has 0 heterocycles. The number of ether oxygens (including phenoxy) is 1. The average molecular weight is 211 g/mol. The number of aliphatic imine (C=N–C) groups is 1. The molecule has 0 aliphatic rings. The van der Waals surface area contributed by atoms with E-state index >= 15 is 0 Å². The Morgan fingerprint density at radius 2 is 2.33 bits per heavy atom. The zero-order chi connectivity index (χ0) is 11.4. The molecule has 0 rings (SSSR count). The monoisotopic (exact) mass is 211 g/mol. The number of nitrogens with zero attached hydrogens (tertiary/aromatic N) is 1. The summed E-state index contributed by atoms with van der Waals surface area (Å²) >= 11 is 0. The molecule has 0 saturated heterocycles. The van der Waals surface area contributed by atoms with Crippen molar-refractivity contribution in [3.63, 3.8) is 0 Å². The molecule has 0 spiro atoms. The third-order valence-electron chi connectivity index (χ3n) is 1.72. The maximum atomic E-state index is 5.15. The molecular weight excluding hydrogens is 190 g/mol. The quantitative estimate of drug-likeness (QED) is 0.210. The summed E-state index contributed by atoms with van der Waals surface area (Å²) in [5, 5.41) is 3.12. The van der Waals surface area contributed by atoms with Crippen molar-refractivity contribution in [2.45, 2.75) is 19.8 Å². The summed E-state index contributed by atoms with van der Waals surface area (Å²) in [6.07, 6.45) is 9.33. The second kappa shape index (κ2) is 10.8. The van der Waals surface area contributed by atoms with Crippen molar-refractivity contribution in [2.24, 2.45) is 10.7 Å². The van der Waals surface area contributed by atoms with Crippen LogP contribution in [0.2, 0.25) is 0 Å². The number of nitrogens with two attached hydrogens (primary N) is 1. The SMILES string of the molecule is CC/C=C(\C=C/CCNC/N=C/N)OC. The zero-order valence-corrected chi connectivity index (χ0v) is 9.57.